The summed E-state index contributed by atoms with van der Waals surface area (Å²) in [6, 6.07) is 0. The van der Waals surface area contributed by atoms with Gasteiger partial charge in [0, 0.05) is 13.2 Å². The van der Waals surface area contributed by atoms with E-state index in [-0.39, 0.29) is 11.3 Å². The molecular formula is C10H14N2O3. The van der Waals surface area contributed by atoms with Crippen molar-refractivity contribution in [3.05, 3.63) is 17.5 Å². The third-order valence-electron chi connectivity index (χ3n) is 1.58. The number of ether oxygens (including phenoxy) is 1. The second-order valence-electron chi connectivity index (χ2n) is 4.23. The van der Waals surface area contributed by atoms with Crippen molar-refractivity contribution in [1.82, 2.24) is 9.78 Å². The number of carbonyl (C=O) groups excluding carboxylic acids is 2. The van der Waals surface area contributed by atoms with Crippen molar-refractivity contribution in [3.63, 3.8) is 0 Å². The molecule has 0 atom stereocenters. The van der Waals surface area contributed by atoms with Crippen LogP contribution >= 0.6 is 0 Å². The zero-order chi connectivity index (χ0) is 11.6. The van der Waals surface area contributed by atoms with Crippen molar-refractivity contribution in [2.24, 2.45) is 7.05 Å². The normalized spacial score (nSPS) is 11.2. The first-order valence-electron chi connectivity index (χ1n) is 4.55. The molecule has 1 aromatic rings. The summed E-state index contributed by atoms with van der Waals surface area (Å²) in [6.45, 7) is 5.28. The summed E-state index contributed by atoms with van der Waals surface area (Å²) in [5.74, 6) is -0.579. The molecular weight excluding hydrogens is 196 g/mol. The van der Waals surface area contributed by atoms with Gasteiger partial charge in [-0.2, -0.15) is 5.10 Å². The second-order valence-corrected chi connectivity index (χ2v) is 4.23. The van der Waals surface area contributed by atoms with E-state index in [1.807, 2.05) is 0 Å². The molecule has 1 aromatic heterocycles. The van der Waals surface area contributed by atoms with E-state index in [4.69, 9.17) is 4.74 Å². The number of aldehydes is 1. The fraction of sp³-hybridized carbons (Fsp3) is 0.500. The van der Waals surface area contributed by atoms with Crippen LogP contribution in [0.25, 0.3) is 0 Å². The van der Waals surface area contributed by atoms with Gasteiger partial charge in [-0.05, 0) is 20.8 Å². The van der Waals surface area contributed by atoms with Crippen LogP contribution in [0.5, 0.6) is 0 Å². The highest BCUT2D eigenvalue weighted by molar-refractivity contribution is 5.96. The van der Waals surface area contributed by atoms with Crippen LogP contribution in [0.4, 0.5) is 0 Å². The number of aryl methyl sites for hydroxylation is 1. The fourth-order valence-corrected chi connectivity index (χ4v) is 1.08. The van der Waals surface area contributed by atoms with Gasteiger partial charge in [-0.25, -0.2) is 4.79 Å². The SMILES string of the molecule is Cn1cc(C=O)c(C(=O)OC(C)(C)C)n1. The van der Waals surface area contributed by atoms with Crippen LogP contribution in [-0.4, -0.2) is 27.6 Å². The first-order valence-corrected chi connectivity index (χ1v) is 4.55. The lowest BCUT2D eigenvalue weighted by molar-refractivity contribution is 0.00608. The Bertz CT molecular complexity index is 388. The van der Waals surface area contributed by atoms with Crippen molar-refractivity contribution in [3.8, 4) is 0 Å². The Labute approximate surface area is 88.0 Å². The quantitative estimate of drug-likeness (QED) is 0.543. The van der Waals surface area contributed by atoms with Gasteiger partial charge in [0.25, 0.3) is 0 Å². The van der Waals surface area contributed by atoms with Crippen LogP contribution in [0.1, 0.15) is 41.6 Å². The van der Waals surface area contributed by atoms with E-state index < -0.39 is 11.6 Å². The fourth-order valence-electron chi connectivity index (χ4n) is 1.08. The van der Waals surface area contributed by atoms with Crippen molar-refractivity contribution in [2.75, 3.05) is 0 Å². The number of aromatic nitrogens is 2. The summed E-state index contributed by atoms with van der Waals surface area (Å²) in [4.78, 5) is 22.2. The Morgan fingerprint density at radius 3 is 2.60 bits per heavy atom. The Hall–Kier alpha value is -1.65. The molecule has 5 nitrogen and oxygen atoms in total. The molecule has 82 valence electrons. The van der Waals surface area contributed by atoms with E-state index in [9.17, 15) is 9.59 Å². The first kappa shape index (κ1) is 11.4. The number of hydrogen-bond acceptors (Lipinski definition) is 4. The molecule has 0 saturated heterocycles. The molecule has 0 bridgehead atoms. The predicted molar refractivity (Wildman–Crippen MR) is 53.8 cm³/mol. The summed E-state index contributed by atoms with van der Waals surface area (Å²) in [5, 5.41) is 3.88. The number of esters is 1. The van der Waals surface area contributed by atoms with Crippen molar-refractivity contribution in [2.45, 2.75) is 26.4 Å². The molecule has 0 N–H and O–H groups in total. The highest BCUT2D eigenvalue weighted by Crippen LogP contribution is 2.12. The Morgan fingerprint density at radius 2 is 2.13 bits per heavy atom. The minimum absolute atomic E-state index is 0.0578. The summed E-state index contributed by atoms with van der Waals surface area (Å²) in [6.07, 6.45) is 2.07. The van der Waals surface area contributed by atoms with E-state index in [1.165, 1.54) is 10.9 Å². The minimum Gasteiger partial charge on any atom is -0.455 e. The van der Waals surface area contributed by atoms with E-state index in [0.29, 0.717) is 6.29 Å². The predicted octanol–water partition coefficient (Wildman–Crippen LogP) is 1.19. The molecule has 0 spiro atoms. The first-order chi connectivity index (χ1) is 6.83. The van der Waals surface area contributed by atoms with Crippen molar-refractivity contribution >= 4 is 12.3 Å². The number of carbonyl (C=O) groups is 2. The zero-order valence-corrected chi connectivity index (χ0v) is 9.27. The second kappa shape index (κ2) is 3.84. The average molecular weight is 210 g/mol. The molecule has 0 aliphatic rings. The van der Waals surface area contributed by atoms with Gasteiger partial charge in [-0.3, -0.25) is 9.48 Å². The molecule has 0 unspecified atom stereocenters. The van der Waals surface area contributed by atoms with Crippen LogP contribution < -0.4 is 0 Å². The van der Waals surface area contributed by atoms with Gasteiger partial charge in [0.05, 0.1) is 5.56 Å². The van der Waals surface area contributed by atoms with Crippen LogP contribution in [0.3, 0.4) is 0 Å². The van der Waals surface area contributed by atoms with Gasteiger partial charge in [-0.15, -0.1) is 0 Å². The largest absolute Gasteiger partial charge is 0.455 e. The monoisotopic (exact) mass is 210 g/mol. The topological polar surface area (TPSA) is 61.2 Å². The van der Waals surface area contributed by atoms with E-state index >= 15 is 0 Å². The summed E-state index contributed by atoms with van der Waals surface area (Å²) >= 11 is 0. The standard InChI is InChI=1S/C10H14N2O3/c1-10(2,3)15-9(14)8-7(6-13)5-12(4)11-8/h5-6H,1-4H3. The molecule has 0 aliphatic heterocycles. The molecule has 0 saturated carbocycles. The molecule has 15 heavy (non-hydrogen) atoms. The third kappa shape index (κ3) is 2.90. The lowest BCUT2D eigenvalue weighted by Gasteiger charge is -2.18. The maximum atomic E-state index is 11.6. The van der Waals surface area contributed by atoms with E-state index in [0.717, 1.165) is 0 Å². The van der Waals surface area contributed by atoms with Crippen LogP contribution in [0.2, 0.25) is 0 Å². The third-order valence-corrected chi connectivity index (χ3v) is 1.58. The van der Waals surface area contributed by atoms with Gasteiger partial charge in [0.2, 0.25) is 0 Å². The molecule has 0 aliphatic carbocycles. The van der Waals surface area contributed by atoms with Gasteiger partial charge in [0.15, 0.2) is 12.0 Å². The zero-order valence-electron chi connectivity index (χ0n) is 9.27. The molecule has 5 heteroatoms. The molecule has 0 fully saturated rings. The maximum absolute atomic E-state index is 11.6. The molecule has 0 amide bonds. The van der Waals surface area contributed by atoms with E-state index in [2.05, 4.69) is 5.10 Å². The summed E-state index contributed by atoms with van der Waals surface area (Å²) < 4.78 is 6.51. The lowest BCUT2D eigenvalue weighted by atomic mass is 10.2. The number of nitrogens with zero attached hydrogens (tertiary/aromatic N) is 2. The highest BCUT2D eigenvalue weighted by Gasteiger charge is 2.22. The van der Waals surface area contributed by atoms with Crippen molar-refractivity contribution in [1.29, 1.82) is 0 Å². The van der Waals surface area contributed by atoms with Crippen molar-refractivity contribution < 1.29 is 14.3 Å². The lowest BCUT2D eigenvalue weighted by Crippen LogP contribution is -2.24. The van der Waals surface area contributed by atoms with Crippen LogP contribution in [-0.2, 0) is 11.8 Å². The Kier molecular flexibility index (Phi) is 2.93. The molecule has 1 rings (SSSR count). The smallest absolute Gasteiger partial charge is 0.360 e. The summed E-state index contributed by atoms with van der Waals surface area (Å²) in [5.41, 5.74) is -0.288. The van der Waals surface area contributed by atoms with Gasteiger partial charge >= 0.3 is 5.97 Å². The van der Waals surface area contributed by atoms with Gasteiger partial charge < -0.3 is 4.74 Å². The maximum Gasteiger partial charge on any atom is 0.360 e. The van der Waals surface area contributed by atoms with Crippen LogP contribution in [0, 0.1) is 0 Å². The minimum atomic E-state index is -0.589. The molecule has 1 heterocycles. The Balaban J connectivity index is 2.95. The van der Waals surface area contributed by atoms with Crippen LogP contribution in [0.15, 0.2) is 6.20 Å². The average Bonchev–Trinajstić information content (AvgIpc) is 2.43. The highest BCUT2D eigenvalue weighted by atomic mass is 16.6. The number of hydrogen-bond donors (Lipinski definition) is 0. The van der Waals surface area contributed by atoms with Gasteiger partial charge in [-0.1, -0.05) is 0 Å². The molecule has 0 aromatic carbocycles. The van der Waals surface area contributed by atoms with E-state index in [1.54, 1.807) is 27.8 Å². The number of rotatable bonds is 2. The molecule has 0 radical (unpaired) electrons. The summed E-state index contributed by atoms with van der Waals surface area (Å²) in [7, 11) is 1.64. The Morgan fingerprint density at radius 1 is 1.53 bits per heavy atom. The van der Waals surface area contributed by atoms with Gasteiger partial charge in [0.1, 0.15) is 5.60 Å².